The maximum absolute atomic E-state index is 13.0. The number of amides is 2. The van der Waals surface area contributed by atoms with Gasteiger partial charge in [-0.2, -0.15) is 18.2 Å². The summed E-state index contributed by atoms with van der Waals surface area (Å²) in [6.07, 6.45) is -0.510. The molecule has 0 aliphatic rings. The number of para-hydroxylation sites is 1. The summed E-state index contributed by atoms with van der Waals surface area (Å²) in [4.78, 5) is 30.5. The summed E-state index contributed by atoms with van der Waals surface area (Å²) < 4.78 is 43.9. The van der Waals surface area contributed by atoms with Crippen LogP contribution in [0.5, 0.6) is 0 Å². The van der Waals surface area contributed by atoms with E-state index in [2.05, 4.69) is 15.5 Å². The first-order chi connectivity index (χ1) is 17.2. The van der Waals surface area contributed by atoms with Crippen LogP contribution >= 0.6 is 0 Å². The Kier molecular flexibility index (Phi) is 6.95. The van der Waals surface area contributed by atoms with Crippen LogP contribution in [-0.2, 0) is 11.0 Å². The van der Waals surface area contributed by atoms with Crippen molar-refractivity contribution in [2.24, 2.45) is 0 Å². The van der Waals surface area contributed by atoms with Gasteiger partial charge < -0.3 is 14.7 Å². The van der Waals surface area contributed by atoms with Gasteiger partial charge in [0.25, 0.3) is 5.91 Å². The van der Waals surface area contributed by atoms with Crippen molar-refractivity contribution < 1.29 is 27.3 Å². The average Bonchev–Trinajstić information content (AvgIpc) is 3.41. The van der Waals surface area contributed by atoms with E-state index in [9.17, 15) is 22.8 Å². The molecule has 0 fully saturated rings. The normalized spacial score (nSPS) is 11.4. The highest BCUT2D eigenvalue weighted by Gasteiger charge is 2.31. The molecule has 0 spiro atoms. The maximum atomic E-state index is 13.0. The van der Waals surface area contributed by atoms with E-state index in [1.54, 1.807) is 48.5 Å². The van der Waals surface area contributed by atoms with E-state index >= 15 is 0 Å². The Hall–Kier alpha value is -4.73. The second-order valence-corrected chi connectivity index (χ2v) is 7.66. The van der Waals surface area contributed by atoms with Crippen LogP contribution < -0.4 is 10.2 Å². The number of rotatable bonds is 6. The largest absolute Gasteiger partial charge is 0.416 e. The quantitative estimate of drug-likeness (QED) is 0.350. The predicted molar refractivity (Wildman–Crippen MR) is 128 cm³/mol. The molecular formula is C26H19F3N4O3. The molecule has 0 radical (unpaired) electrons. The fourth-order valence-electron chi connectivity index (χ4n) is 3.40. The minimum Gasteiger partial charge on any atom is -0.342 e. The first-order valence-corrected chi connectivity index (χ1v) is 10.6. The Labute approximate surface area is 203 Å². The van der Waals surface area contributed by atoms with Crippen LogP contribution in [-0.4, -0.2) is 29.0 Å². The molecule has 0 bridgehead atoms. The minimum absolute atomic E-state index is 0.107. The Morgan fingerprint density at radius 2 is 1.78 bits per heavy atom. The minimum atomic E-state index is -4.52. The van der Waals surface area contributed by atoms with Crippen molar-refractivity contribution >= 4 is 29.3 Å². The van der Waals surface area contributed by atoms with Crippen LogP contribution in [0.3, 0.4) is 0 Å². The third-order valence-corrected chi connectivity index (χ3v) is 5.21. The summed E-state index contributed by atoms with van der Waals surface area (Å²) in [5.74, 6) is -0.599. The lowest BCUT2D eigenvalue weighted by atomic mass is 10.1. The fourth-order valence-corrected chi connectivity index (χ4v) is 3.40. The third kappa shape index (κ3) is 5.66. The van der Waals surface area contributed by atoms with E-state index in [-0.39, 0.29) is 11.3 Å². The van der Waals surface area contributed by atoms with Crippen molar-refractivity contribution in [1.29, 1.82) is 0 Å². The van der Waals surface area contributed by atoms with E-state index in [1.807, 2.05) is 0 Å². The molecule has 4 rings (SSSR count). The molecular weight excluding hydrogens is 473 g/mol. The number of nitrogens with zero attached hydrogens (tertiary/aromatic N) is 3. The molecule has 0 saturated heterocycles. The number of aromatic nitrogens is 2. The third-order valence-electron chi connectivity index (χ3n) is 5.21. The van der Waals surface area contributed by atoms with Gasteiger partial charge in [-0.3, -0.25) is 9.59 Å². The smallest absolute Gasteiger partial charge is 0.342 e. The Morgan fingerprint density at radius 1 is 1.00 bits per heavy atom. The summed E-state index contributed by atoms with van der Waals surface area (Å²) in [7, 11) is 1.40. The van der Waals surface area contributed by atoms with Gasteiger partial charge in [-0.1, -0.05) is 35.5 Å². The van der Waals surface area contributed by atoms with E-state index in [1.165, 1.54) is 37.7 Å². The van der Waals surface area contributed by atoms with Crippen molar-refractivity contribution in [2.45, 2.75) is 6.18 Å². The zero-order valence-corrected chi connectivity index (χ0v) is 18.9. The lowest BCUT2D eigenvalue weighted by Gasteiger charge is -2.19. The molecule has 7 nitrogen and oxygen atoms in total. The van der Waals surface area contributed by atoms with Crippen molar-refractivity contribution in [2.75, 3.05) is 17.3 Å². The highest BCUT2D eigenvalue weighted by atomic mass is 19.4. The van der Waals surface area contributed by atoms with Gasteiger partial charge in [0, 0.05) is 29.9 Å². The number of hydrogen-bond donors (Lipinski definition) is 1. The number of benzene rings is 3. The molecule has 1 heterocycles. The van der Waals surface area contributed by atoms with E-state index in [0.29, 0.717) is 22.6 Å². The highest BCUT2D eigenvalue weighted by molar-refractivity contribution is 6.07. The molecule has 1 aromatic heterocycles. The summed E-state index contributed by atoms with van der Waals surface area (Å²) in [5, 5.41) is 6.53. The van der Waals surface area contributed by atoms with E-state index in [0.717, 1.165) is 17.0 Å². The van der Waals surface area contributed by atoms with Gasteiger partial charge in [0.2, 0.25) is 18.1 Å². The molecule has 0 saturated carbocycles. The number of nitrogens with one attached hydrogen (secondary N) is 1. The average molecular weight is 492 g/mol. The van der Waals surface area contributed by atoms with Gasteiger partial charge in [0.15, 0.2) is 0 Å². The van der Waals surface area contributed by atoms with Crippen molar-refractivity contribution in [1.82, 2.24) is 10.1 Å². The number of alkyl halides is 3. The van der Waals surface area contributed by atoms with E-state index < -0.39 is 23.6 Å². The molecule has 3 aromatic carbocycles. The van der Waals surface area contributed by atoms with Crippen LogP contribution in [0.2, 0.25) is 0 Å². The second-order valence-electron chi connectivity index (χ2n) is 7.66. The highest BCUT2D eigenvalue weighted by Crippen LogP contribution is 2.31. The SMILES string of the molecule is CN(C(=O)c1cccc(C=CC(=O)Nc2ccccc2-c2ncon2)c1)c1cccc(C(F)(F)F)c1. The molecule has 0 unspecified atom stereocenters. The van der Waals surface area contributed by atoms with Gasteiger partial charge in [-0.15, -0.1) is 0 Å². The number of carbonyl (C=O) groups excluding carboxylic acids is 2. The number of halogens is 3. The summed E-state index contributed by atoms with van der Waals surface area (Å²) >= 11 is 0. The van der Waals surface area contributed by atoms with Crippen LogP contribution in [0.1, 0.15) is 21.5 Å². The summed E-state index contributed by atoms with van der Waals surface area (Å²) in [6.45, 7) is 0. The molecule has 1 N–H and O–H groups in total. The molecule has 182 valence electrons. The second kappa shape index (κ2) is 10.3. The maximum Gasteiger partial charge on any atom is 0.416 e. The van der Waals surface area contributed by atoms with Gasteiger partial charge >= 0.3 is 6.18 Å². The molecule has 2 amide bonds. The van der Waals surface area contributed by atoms with Gasteiger partial charge in [-0.25, -0.2) is 0 Å². The fraction of sp³-hybridized carbons (Fsp3) is 0.0769. The zero-order chi connectivity index (χ0) is 25.7. The molecule has 0 atom stereocenters. The van der Waals surface area contributed by atoms with Gasteiger partial charge in [-0.05, 0) is 54.1 Å². The molecule has 36 heavy (non-hydrogen) atoms. The van der Waals surface area contributed by atoms with Crippen LogP contribution in [0.15, 0.2) is 89.8 Å². The first-order valence-electron chi connectivity index (χ1n) is 10.6. The lowest BCUT2D eigenvalue weighted by molar-refractivity contribution is -0.137. The van der Waals surface area contributed by atoms with Crippen molar-refractivity contribution in [3.8, 4) is 11.4 Å². The molecule has 0 aliphatic carbocycles. The lowest BCUT2D eigenvalue weighted by Crippen LogP contribution is -2.26. The predicted octanol–water partition coefficient (Wildman–Crippen LogP) is 5.68. The summed E-state index contributed by atoms with van der Waals surface area (Å²) in [5.41, 5.74) is 1.14. The Balaban J connectivity index is 1.47. The summed E-state index contributed by atoms with van der Waals surface area (Å²) in [6, 6.07) is 17.9. The van der Waals surface area contributed by atoms with Gasteiger partial charge in [0.05, 0.1) is 11.3 Å². The van der Waals surface area contributed by atoms with Gasteiger partial charge in [0.1, 0.15) is 0 Å². The number of hydrogen-bond acceptors (Lipinski definition) is 5. The Bertz CT molecular complexity index is 1420. The topological polar surface area (TPSA) is 88.3 Å². The standard InChI is InChI=1S/C26H19F3N4O3/c1-33(20-9-5-8-19(15-20)26(27,28)29)25(35)18-7-4-6-17(14-18)12-13-23(34)31-22-11-3-2-10-21(22)24-30-16-36-32-24/h2-16H,1H3,(H,31,34). The van der Waals surface area contributed by atoms with E-state index in [4.69, 9.17) is 4.52 Å². The first kappa shape index (κ1) is 24.4. The number of carbonyl (C=O) groups is 2. The van der Waals surface area contributed by atoms with Crippen LogP contribution in [0, 0.1) is 0 Å². The molecule has 0 aliphatic heterocycles. The molecule has 4 aromatic rings. The van der Waals surface area contributed by atoms with Crippen LogP contribution in [0.4, 0.5) is 24.5 Å². The van der Waals surface area contributed by atoms with Crippen molar-refractivity contribution in [3.63, 3.8) is 0 Å². The van der Waals surface area contributed by atoms with Crippen LogP contribution in [0.25, 0.3) is 17.5 Å². The number of anilines is 2. The van der Waals surface area contributed by atoms with Crippen molar-refractivity contribution in [3.05, 3.63) is 102 Å². The molecule has 10 heteroatoms. The Morgan fingerprint density at radius 3 is 2.53 bits per heavy atom. The monoisotopic (exact) mass is 492 g/mol. The zero-order valence-electron chi connectivity index (χ0n) is 18.9.